The molecule has 0 saturated heterocycles. The third-order valence-corrected chi connectivity index (χ3v) is 2.61. The highest BCUT2D eigenvalue weighted by Gasteiger charge is 2.20. The van der Waals surface area contributed by atoms with Crippen LogP contribution >= 0.6 is 0 Å². The van der Waals surface area contributed by atoms with E-state index in [9.17, 15) is 0 Å². The summed E-state index contributed by atoms with van der Waals surface area (Å²) in [5.74, 6) is 1.39. The molecule has 3 N–H and O–H groups in total. The van der Waals surface area contributed by atoms with Crippen molar-refractivity contribution in [3.63, 3.8) is 0 Å². The molecule has 0 aromatic carbocycles. The third-order valence-electron chi connectivity index (χ3n) is 2.61. The molecule has 2 rings (SSSR count). The van der Waals surface area contributed by atoms with Gasteiger partial charge in [-0.3, -0.25) is 0 Å². The third kappa shape index (κ3) is 4.33. The van der Waals surface area contributed by atoms with Crippen molar-refractivity contribution in [3.05, 3.63) is 0 Å². The zero-order valence-corrected chi connectivity index (χ0v) is 10.6. The topological polar surface area (TPSA) is 95.2 Å². The number of rotatable bonds is 8. The van der Waals surface area contributed by atoms with Crippen molar-refractivity contribution in [2.24, 2.45) is 5.92 Å². The number of ether oxygens (including phenoxy) is 2. The summed E-state index contributed by atoms with van der Waals surface area (Å²) in [6, 6.07) is 0.218. The summed E-state index contributed by atoms with van der Waals surface area (Å²) >= 11 is 0. The fourth-order valence-corrected chi connectivity index (χ4v) is 1.45. The van der Waals surface area contributed by atoms with E-state index in [4.69, 9.17) is 15.2 Å². The lowest BCUT2D eigenvalue weighted by Crippen LogP contribution is -2.11. The molecule has 1 heterocycles. The monoisotopic (exact) mass is 253 g/mol. The van der Waals surface area contributed by atoms with Crippen molar-refractivity contribution in [1.82, 2.24) is 15.0 Å². The molecule has 1 fully saturated rings. The molecule has 7 heteroatoms. The Morgan fingerprint density at radius 2 is 2.17 bits per heavy atom. The van der Waals surface area contributed by atoms with E-state index in [1.54, 1.807) is 0 Å². The molecule has 0 bridgehead atoms. The summed E-state index contributed by atoms with van der Waals surface area (Å²) in [4.78, 5) is 11.8. The van der Waals surface area contributed by atoms with Crippen molar-refractivity contribution in [1.29, 1.82) is 0 Å². The van der Waals surface area contributed by atoms with Crippen LogP contribution in [-0.4, -0.2) is 41.8 Å². The average molecular weight is 253 g/mol. The smallest absolute Gasteiger partial charge is 0.322 e. The van der Waals surface area contributed by atoms with E-state index in [1.165, 1.54) is 20.0 Å². The highest BCUT2D eigenvalue weighted by Crippen LogP contribution is 2.28. The number of nitrogens with one attached hydrogen (secondary N) is 1. The Morgan fingerprint density at radius 3 is 2.89 bits per heavy atom. The van der Waals surface area contributed by atoms with Crippen molar-refractivity contribution in [2.75, 3.05) is 37.9 Å². The Hall–Kier alpha value is -1.63. The molecule has 1 aliphatic carbocycles. The van der Waals surface area contributed by atoms with Gasteiger partial charge in [0.15, 0.2) is 0 Å². The number of aromatic nitrogens is 3. The first-order chi connectivity index (χ1) is 8.78. The Labute approximate surface area is 106 Å². The van der Waals surface area contributed by atoms with Crippen LogP contribution in [0.5, 0.6) is 6.01 Å². The van der Waals surface area contributed by atoms with Crippen LogP contribution in [0.3, 0.4) is 0 Å². The lowest BCUT2D eigenvalue weighted by atomic mass is 10.4. The van der Waals surface area contributed by atoms with Crippen LogP contribution in [0.1, 0.15) is 19.3 Å². The van der Waals surface area contributed by atoms with E-state index in [0.717, 1.165) is 32.1 Å². The summed E-state index contributed by atoms with van der Waals surface area (Å²) in [6.45, 7) is 2.38. The molecular weight excluding hydrogens is 234 g/mol. The van der Waals surface area contributed by atoms with Crippen LogP contribution < -0.4 is 15.8 Å². The number of hydrogen-bond acceptors (Lipinski definition) is 7. The molecule has 7 nitrogen and oxygen atoms in total. The molecule has 0 amide bonds. The molecule has 0 spiro atoms. The first kappa shape index (κ1) is 12.8. The van der Waals surface area contributed by atoms with Gasteiger partial charge in [-0.1, -0.05) is 0 Å². The lowest BCUT2D eigenvalue weighted by molar-refractivity contribution is 0.124. The first-order valence-corrected chi connectivity index (χ1v) is 6.15. The average Bonchev–Trinajstić information content (AvgIpc) is 3.17. The molecule has 1 aliphatic rings. The number of anilines is 2. The summed E-state index contributed by atoms with van der Waals surface area (Å²) in [5, 5.41) is 3.06. The fraction of sp³-hybridized carbons (Fsp3) is 0.727. The van der Waals surface area contributed by atoms with Crippen LogP contribution in [0, 0.1) is 5.92 Å². The summed E-state index contributed by atoms with van der Waals surface area (Å²) in [5.41, 5.74) is 5.52. The summed E-state index contributed by atoms with van der Waals surface area (Å²) in [7, 11) is 1.49. The van der Waals surface area contributed by atoms with E-state index in [2.05, 4.69) is 20.3 Å². The molecule has 0 atom stereocenters. The Kier molecular flexibility index (Phi) is 4.52. The zero-order chi connectivity index (χ0) is 12.8. The molecule has 1 saturated carbocycles. The van der Waals surface area contributed by atoms with Crippen LogP contribution in [0.4, 0.5) is 11.9 Å². The number of nitrogens with zero attached hydrogens (tertiary/aromatic N) is 3. The van der Waals surface area contributed by atoms with Gasteiger partial charge in [0.2, 0.25) is 11.9 Å². The van der Waals surface area contributed by atoms with Gasteiger partial charge in [0, 0.05) is 19.8 Å². The number of hydrogen-bond donors (Lipinski definition) is 2. The van der Waals surface area contributed by atoms with Gasteiger partial charge in [-0.2, -0.15) is 15.0 Å². The standard InChI is InChI=1S/C11H19N5O2/c1-17-11-15-9(12)14-10(16-11)13-5-2-6-18-7-8-3-4-8/h8H,2-7H2,1H3,(H3,12,13,14,15,16). The van der Waals surface area contributed by atoms with Gasteiger partial charge >= 0.3 is 6.01 Å². The lowest BCUT2D eigenvalue weighted by Gasteiger charge is -2.06. The van der Waals surface area contributed by atoms with Crippen molar-refractivity contribution in [3.8, 4) is 6.01 Å². The highest BCUT2D eigenvalue weighted by molar-refractivity contribution is 5.32. The molecule has 1 aromatic rings. The maximum atomic E-state index is 5.52. The van der Waals surface area contributed by atoms with E-state index in [-0.39, 0.29) is 12.0 Å². The van der Waals surface area contributed by atoms with Crippen LogP contribution in [0.15, 0.2) is 0 Å². The first-order valence-electron chi connectivity index (χ1n) is 6.15. The van der Waals surface area contributed by atoms with Crippen molar-refractivity contribution in [2.45, 2.75) is 19.3 Å². The molecule has 0 radical (unpaired) electrons. The minimum atomic E-state index is 0.148. The molecule has 100 valence electrons. The van der Waals surface area contributed by atoms with Gasteiger partial charge < -0.3 is 20.5 Å². The number of nitrogen functional groups attached to an aromatic ring is 1. The van der Waals surface area contributed by atoms with Crippen LogP contribution in [0.2, 0.25) is 0 Å². The van der Waals surface area contributed by atoms with Gasteiger partial charge in [0.25, 0.3) is 0 Å². The van der Waals surface area contributed by atoms with E-state index in [0.29, 0.717) is 5.95 Å². The predicted molar refractivity (Wildman–Crippen MR) is 67.4 cm³/mol. The maximum absolute atomic E-state index is 5.52. The second-order valence-electron chi connectivity index (χ2n) is 4.30. The SMILES string of the molecule is COc1nc(N)nc(NCCCOCC2CC2)n1. The van der Waals surface area contributed by atoms with Gasteiger partial charge in [-0.05, 0) is 25.2 Å². The molecule has 18 heavy (non-hydrogen) atoms. The van der Waals surface area contributed by atoms with Gasteiger partial charge in [-0.25, -0.2) is 0 Å². The van der Waals surface area contributed by atoms with Crippen LogP contribution in [0.25, 0.3) is 0 Å². The van der Waals surface area contributed by atoms with Crippen molar-refractivity contribution < 1.29 is 9.47 Å². The van der Waals surface area contributed by atoms with Crippen LogP contribution in [-0.2, 0) is 4.74 Å². The highest BCUT2D eigenvalue weighted by atomic mass is 16.5. The molecule has 0 aliphatic heterocycles. The number of methoxy groups -OCH3 is 1. The normalized spacial score (nSPS) is 14.5. The fourth-order valence-electron chi connectivity index (χ4n) is 1.45. The van der Waals surface area contributed by atoms with Crippen molar-refractivity contribution >= 4 is 11.9 Å². The Balaban J connectivity index is 1.63. The summed E-state index contributed by atoms with van der Waals surface area (Å²) in [6.07, 6.45) is 3.55. The zero-order valence-electron chi connectivity index (χ0n) is 10.6. The molecular formula is C11H19N5O2. The molecule has 0 unspecified atom stereocenters. The second kappa shape index (κ2) is 6.34. The number of nitrogens with two attached hydrogens (primary N) is 1. The van der Waals surface area contributed by atoms with E-state index < -0.39 is 0 Å². The van der Waals surface area contributed by atoms with Gasteiger partial charge in [0.05, 0.1) is 7.11 Å². The quantitative estimate of drug-likeness (QED) is 0.658. The Morgan fingerprint density at radius 1 is 1.33 bits per heavy atom. The molecule has 1 aromatic heterocycles. The minimum Gasteiger partial charge on any atom is -0.467 e. The van der Waals surface area contributed by atoms with Gasteiger partial charge in [-0.15, -0.1) is 0 Å². The largest absolute Gasteiger partial charge is 0.467 e. The Bertz CT molecular complexity index is 384. The van der Waals surface area contributed by atoms with E-state index in [1.807, 2.05) is 0 Å². The van der Waals surface area contributed by atoms with E-state index >= 15 is 0 Å². The predicted octanol–water partition coefficient (Wildman–Crippen LogP) is 0.691. The summed E-state index contributed by atoms with van der Waals surface area (Å²) < 4.78 is 10.4. The maximum Gasteiger partial charge on any atom is 0.322 e. The van der Waals surface area contributed by atoms with Gasteiger partial charge in [0.1, 0.15) is 0 Å². The second-order valence-corrected chi connectivity index (χ2v) is 4.30. The minimum absolute atomic E-state index is 0.148.